The lowest BCUT2D eigenvalue weighted by molar-refractivity contribution is 0.309. The molecule has 1 aliphatic carbocycles. The molecule has 0 unspecified atom stereocenters. The van der Waals surface area contributed by atoms with Crippen molar-refractivity contribution in [1.29, 1.82) is 0 Å². The van der Waals surface area contributed by atoms with Crippen LogP contribution in [0.4, 0.5) is 0 Å². The maximum Gasteiger partial charge on any atom is 0.0547 e. The summed E-state index contributed by atoms with van der Waals surface area (Å²) in [7, 11) is 2.19. The molecule has 0 aromatic carbocycles. The molecular weight excluding hydrogens is 222 g/mol. The molecule has 1 saturated carbocycles. The zero-order valence-electron chi connectivity index (χ0n) is 11.8. The maximum atomic E-state index is 4.71. The van der Waals surface area contributed by atoms with E-state index in [0.29, 0.717) is 6.04 Å². The van der Waals surface area contributed by atoms with Crippen molar-refractivity contribution in [3.05, 3.63) is 29.6 Å². The van der Waals surface area contributed by atoms with Gasteiger partial charge in [0, 0.05) is 25.7 Å². The Morgan fingerprint density at radius 1 is 1.33 bits per heavy atom. The van der Waals surface area contributed by atoms with Gasteiger partial charge in [0.25, 0.3) is 0 Å². The highest BCUT2D eigenvalue weighted by Crippen LogP contribution is 2.29. The van der Waals surface area contributed by atoms with E-state index in [1.54, 1.807) is 0 Å². The van der Waals surface area contributed by atoms with Crippen LogP contribution < -0.4 is 5.32 Å². The Morgan fingerprint density at radius 3 is 2.72 bits per heavy atom. The second-order valence-electron chi connectivity index (χ2n) is 5.80. The van der Waals surface area contributed by atoms with Crippen LogP contribution in [0, 0.1) is 5.92 Å². The lowest BCUT2D eigenvalue weighted by Crippen LogP contribution is -2.24. The molecule has 1 heterocycles. The van der Waals surface area contributed by atoms with E-state index in [0.717, 1.165) is 24.7 Å². The molecule has 0 atom stereocenters. The normalized spacial score (nSPS) is 15.6. The molecule has 2 rings (SSSR count). The molecule has 0 saturated heterocycles. The van der Waals surface area contributed by atoms with E-state index in [1.165, 1.54) is 25.1 Å². The highest BCUT2D eigenvalue weighted by atomic mass is 15.1. The average Bonchev–Trinajstić information content (AvgIpc) is 3.10. The zero-order chi connectivity index (χ0) is 13.0. The Morgan fingerprint density at radius 2 is 2.06 bits per heavy atom. The molecule has 1 aromatic heterocycles. The minimum Gasteiger partial charge on any atom is -0.309 e. The first-order valence-electron chi connectivity index (χ1n) is 7.00. The van der Waals surface area contributed by atoms with Crippen LogP contribution in [0.1, 0.15) is 38.1 Å². The molecule has 0 aliphatic heterocycles. The third-order valence-electron chi connectivity index (χ3n) is 3.25. The van der Waals surface area contributed by atoms with Gasteiger partial charge in [0.15, 0.2) is 0 Å². The smallest absolute Gasteiger partial charge is 0.0547 e. The molecule has 1 fully saturated rings. The molecule has 3 heteroatoms. The molecule has 3 nitrogen and oxygen atoms in total. The van der Waals surface area contributed by atoms with Gasteiger partial charge in [0.05, 0.1) is 11.4 Å². The maximum absolute atomic E-state index is 4.71. The van der Waals surface area contributed by atoms with Gasteiger partial charge in [-0.15, -0.1) is 0 Å². The molecule has 1 aromatic rings. The SMILES string of the molecule is CC(C)NCc1cccc(CN(C)CC2CC2)n1. The van der Waals surface area contributed by atoms with Crippen molar-refractivity contribution in [2.75, 3.05) is 13.6 Å². The Kier molecular flexibility index (Phi) is 4.72. The van der Waals surface area contributed by atoms with E-state index in [-0.39, 0.29) is 0 Å². The summed E-state index contributed by atoms with van der Waals surface area (Å²) in [5.74, 6) is 0.945. The molecule has 1 aliphatic rings. The second kappa shape index (κ2) is 6.30. The summed E-state index contributed by atoms with van der Waals surface area (Å²) in [4.78, 5) is 7.10. The van der Waals surface area contributed by atoms with Gasteiger partial charge in [0.2, 0.25) is 0 Å². The van der Waals surface area contributed by atoms with Gasteiger partial charge >= 0.3 is 0 Å². The minimum atomic E-state index is 0.507. The molecule has 18 heavy (non-hydrogen) atoms. The average molecular weight is 247 g/mol. The highest BCUT2D eigenvalue weighted by molar-refractivity contribution is 5.11. The summed E-state index contributed by atoms with van der Waals surface area (Å²) >= 11 is 0. The molecule has 0 radical (unpaired) electrons. The number of rotatable bonds is 7. The van der Waals surface area contributed by atoms with Crippen LogP contribution in [-0.2, 0) is 13.1 Å². The quantitative estimate of drug-likeness (QED) is 0.802. The van der Waals surface area contributed by atoms with Crippen LogP contribution in [-0.4, -0.2) is 29.5 Å². The summed E-state index contributed by atoms with van der Waals surface area (Å²) in [6.07, 6.45) is 2.83. The molecule has 0 spiro atoms. The Labute approximate surface area is 111 Å². The molecule has 100 valence electrons. The fourth-order valence-corrected chi connectivity index (χ4v) is 2.11. The van der Waals surface area contributed by atoms with Crippen LogP contribution in [0.3, 0.4) is 0 Å². The third-order valence-corrected chi connectivity index (χ3v) is 3.25. The standard InChI is InChI=1S/C15H25N3/c1-12(2)16-9-14-5-4-6-15(17-14)11-18(3)10-13-7-8-13/h4-6,12-13,16H,7-11H2,1-3H3. The van der Waals surface area contributed by atoms with Crippen LogP contribution in [0.2, 0.25) is 0 Å². The Balaban J connectivity index is 1.85. The second-order valence-corrected chi connectivity index (χ2v) is 5.80. The molecule has 0 bridgehead atoms. The van der Waals surface area contributed by atoms with Gasteiger partial charge in [-0.1, -0.05) is 19.9 Å². The summed E-state index contributed by atoms with van der Waals surface area (Å²) in [6, 6.07) is 6.85. The van der Waals surface area contributed by atoms with Gasteiger partial charge in [-0.3, -0.25) is 4.98 Å². The van der Waals surface area contributed by atoms with Crippen LogP contribution in [0.25, 0.3) is 0 Å². The summed E-state index contributed by atoms with van der Waals surface area (Å²) in [5.41, 5.74) is 2.32. The van der Waals surface area contributed by atoms with Gasteiger partial charge in [-0.25, -0.2) is 0 Å². The van der Waals surface area contributed by atoms with Crippen molar-refractivity contribution >= 4 is 0 Å². The largest absolute Gasteiger partial charge is 0.309 e. The first-order valence-corrected chi connectivity index (χ1v) is 7.00. The van der Waals surface area contributed by atoms with Crippen molar-refractivity contribution in [1.82, 2.24) is 15.2 Å². The number of pyridine rings is 1. The first kappa shape index (κ1) is 13.5. The van der Waals surface area contributed by atoms with E-state index in [9.17, 15) is 0 Å². The van der Waals surface area contributed by atoms with Crippen molar-refractivity contribution in [3.63, 3.8) is 0 Å². The topological polar surface area (TPSA) is 28.2 Å². The number of aromatic nitrogens is 1. The zero-order valence-corrected chi connectivity index (χ0v) is 11.8. The predicted octanol–water partition coefficient (Wildman–Crippen LogP) is 2.42. The number of nitrogens with zero attached hydrogens (tertiary/aromatic N) is 2. The fourth-order valence-electron chi connectivity index (χ4n) is 2.11. The highest BCUT2D eigenvalue weighted by Gasteiger charge is 2.22. The van der Waals surface area contributed by atoms with Gasteiger partial charge in [-0.2, -0.15) is 0 Å². The van der Waals surface area contributed by atoms with Gasteiger partial charge < -0.3 is 10.2 Å². The van der Waals surface area contributed by atoms with E-state index < -0.39 is 0 Å². The first-order chi connectivity index (χ1) is 8.63. The number of nitrogens with one attached hydrogen (secondary N) is 1. The lowest BCUT2D eigenvalue weighted by Gasteiger charge is -2.16. The van der Waals surface area contributed by atoms with E-state index in [1.807, 2.05) is 0 Å². The van der Waals surface area contributed by atoms with Crippen molar-refractivity contribution < 1.29 is 0 Å². The van der Waals surface area contributed by atoms with Crippen LogP contribution >= 0.6 is 0 Å². The number of hydrogen-bond acceptors (Lipinski definition) is 3. The molecule has 0 amide bonds. The van der Waals surface area contributed by atoms with E-state index in [2.05, 4.69) is 49.3 Å². The monoisotopic (exact) mass is 247 g/mol. The fraction of sp³-hybridized carbons (Fsp3) is 0.667. The lowest BCUT2D eigenvalue weighted by atomic mass is 10.2. The minimum absolute atomic E-state index is 0.507. The van der Waals surface area contributed by atoms with Crippen molar-refractivity contribution in [2.24, 2.45) is 5.92 Å². The number of hydrogen-bond donors (Lipinski definition) is 1. The van der Waals surface area contributed by atoms with Crippen molar-refractivity contribution in [2.45, 2.75) is 45.8 Å². The van der Waals surface area contributed by atoms with E-state index >= 15 is 0 Å². The van der Waals surface area contributed by atoms with Crippen LogP contribution in [0.15, 0.2) is 18.2 Å². The molecule has 1 N–H and O–H groups in total. The van der Waals surface area contributed by atoms with Crippen LogP contribution in [0.5, 0.6) is 0 Å². The summed E-state index contributed by atoms with van der Waals surface area (Å²) < 4.78 is 0. The Bertz CT molecular complexity index is 372. The van der Waals surface area contributed by atoms with E-state index in [4.69, 9.17) is 4.98 Å². The third kappa shape index (κ3) is 4.75. The van der Waals surface area contributed by atoms with Crippen molar-refractivity contribution in [3.8, 4) is 0 Å². The van der Waals surface area contributed by atoms with Gasteiger partial charge in [-0.05, 0) is 37.9 Å². The summed E-state index contributed by atoms with van der Waals surface area (Å²) in [5, 5.41) is 3.41. The Hall–Kier alpha value is -0.930. The van der Waals surface area contributed by atoms with Gasteiger partial charge in [0.1, 0.15) is 0 Å². The molecular formula is C15H25N3. The summed E-state index contributed by atoms with van der Waals surface area (Å²) in [6.45, 7) is 7.36. The predicted molar refractivity (Wildman–Crippen MR) is 75.3 cm³/mol.